The zero-order valence-electron chi connectivity index (χ0n) is 14.5. The van der Waals surface area contributed by atoms with Crippen LogP contribution in [0.4, 0.5) is 0 Å². The fourth-order valence-electron chi connectivity index (χ4n) is 3.04. The van der Waals surface area contributed by atoms with Crippen LogP contribution in [0, 0.1) is 6.92 Å². The van der Waals surface area contributed by atoms with Gasteiger partial charge in [0.15, 0.2) is 0 Å². The topological polar surface area (TPSA) is 69.6 Å². The summed E-state index contributed by atoms with van der Waals surface area (Å²) in [5.74, 6) is 1.33. The molecular formula is C17H28N4O2. The molecule has 1 aromatic heterocycles. The summed E-state index contributed by atoms with van der Waals surface area (Å²) in [6, 6.07) is 1.97. The van der Waals surface area contributed by atoms with Gasteiger partial charge in [0, 0.05) is 50.9 Å². The van der Waals surface area contributed by atoms with Gasteiger partial charge in [-0.25, -0.2) is 9.97 Å². The monoisotopic (exact) mass is 320 g/mol. The second kappa shape index (κ2) is 8.36. The Morgan fingerprint density at radius 1 is 1.43 bits per heavy atom. The van der Waals surface area contributed by atoms with Crippen molar-refractivity contribution in [1.29, 1.82) is 0 Å². The minimum absolute atomic E-state index is 0.120. The molecule has 1 N–H and O–H groups in total. The van der Waals surface area contributed by atoms with E-state index in [2.05, 4.69) is 9.88 Å². The van der Waals surface area contributed by atoms with E-state index in [1.54, 1.807) is 19.0 Å². The third kappa shape index (κ3) is 5.25. The summed E-state index contributed by atoms with van der Waals surface area (Å²) in [5, 5.41) is 9.12. The number of carbonyl (C=O) groups is 1. The van der Waals surface area contributed by atoms with E-state index in [9.17, 15) is 4.79 Å². The van der Waals surface area contributed by atoms with Gasteiger partial charge in [-0.1, -0.05) is 0 Å². The number of hydrogen-bond acceptors (Lipinski definition) is 5. The SMILES string of the molecule is Cc1cc(CCC(=O)N(C)C)nc(C2CCCN(CCO)C2)n1. The van der Waals surface area contributed by atoms with Crippen molar-refractivity contribution in [2.75, 3.05) is 40.3 Å². The molecule has 1 unspecified atom stereocenters. The zero-order chi connectivity index (χ0) is 16.8. The highest BCUT2D eigenvalue weighted by molar-refractivity contribution is 5.75. The maximum absolute atomic E-state index is 11.8. The molecule has 1 amide bonds. The third-order valence-electron chi connectivity index (χ3n) is 4.31. The molecule has 0 aromatic carbocycles. The van der Waals surface area contributed by atoms with Gasteiger partial charge in [-0.05, 0) is 38.8 Å². The largest absolute Gasteiger partial charge is 0.395 e. The van der Waals surface area contributed by atoms with Gasteiger partial charge < -0.3 is 14.9 Å². The lowest BCUT2D eigenvalue weighted by Crippen LogP contribution is -2.37. The molecule has 0 bridgehead atoms. The minimum Gasteiger partial charge on any atom is -0.395 e. The van der Waals surface area contributed by atoms with Gasteiger partial charge in [0.1, 0.15) is 5.82 Å². The number of β-amino-alcohol motifs (C(OH)–C–C–N with tert-alkyl or cyclic N) is 1. The Morgan fingerprint density at radius 2 is 2.22 bits per heavy atom. The van der Waals surface area contributed by atoms with Crippen LogP contribution in [0.3, 0.4) is 0 Å². The summed E-state index contributed by atoms with van der Waals surface area (Å²) >= 11 is 0. The molecule has 2 heterocycles. The Morgan fingerprint density at radius 3 is 2.91 bits per heavy atom. The first kappa shape index (κ1) is 17.8. The molecule has 0 spiro atoms. The van der Waals surface area contributed by atoms with Crippen LogP contribution in [-0.4, -0.2) is 71.1 Å². The Labute approximate surface area is 138 Å². The van der Waals surface area contributed by atoms with Gasteiger partial charge in [0.25, 0.3) is 0 Å². The van der Waals surface area contributed by atoms with Crippen LogP contribution in [0.1, 0.15) is 42.4 Å². The molecule has 2 rings (SSSR count). The molecule has 1 aliphatic rings. The summed E-state index contributed by atoms with van der Waals surface area (Å²) in [7, 11) is 3.55. The maximum Gasteiger partial charge on any atom is 0.222 e. The third-order valence-corrected chi connectivity index (χ3v) is 4.31. The molecule has 6 nitrogen and oxygen atoms in total. The number of nitrogens with zero attached hydrogens (tertiary/aromatic N) is 4. The first-order valence-electron chi connectivity index (χ1n) is 8.37. The van der Waals surface area contributed by atoms with Gasteiger partial charge in [-0.15, -0.1) is 0 Å². The highest BCUT2D eigenvalue weighted by Gasteiger charge is 2.23. The smallest absolute Gasteiger partial charge is 0.222 e. The van der Waals surface area contributed by atoms with Gasteiger partial charge in [0.05, 0.1) is 6.61 Å². The van der Waals surface area contributed by atoms with Crippen LogP contribution < -0.4 is 0 Å². The van der Waals surface area contributed by atoms with E-state index in [4.69, 9.17) is 10.1 Å². The summed E-state index contributed by atoms with van der Waals surface area (Å²) in [6.07, 6.45) is 3.32. The van der Waals surface area contributed by atoms with Crippen molar-refractivity contribution >= 4 is 5.91 Å². The number of likely N-dealkylation sites (tertiary alicyclic amines) is 1. The molecule has 1 saturated heterocycles. The van der Waals surface area contributed by atoms with E-state index in [1.165, 1.54) is 0 Å². The molecule has 1 atom stereocenters. The van der Waals surface area contributed by atoms with Crippen molar-refractivity contribution < 1.29 is 9.90 Å². The van der Waals surface area contributed by atoms with Crippen molar-refractivity contribution in [2.45, 2.75) is 38.5 Å². The van der Waals surface area contributed by atoms with Crippen molar-refractivity contribution in [2.24, 2.45) is 0 Å². The van der Waals surface area contributed by atoms with Crippen LogP contribution in [-0.2, 0) is 11.2 Å². The average molecular weight is 320 g/mol. The number of piperidine rings is 1. The molecule has 23 heavy (non-hydrogen) atoms. The summed E-state index contributed by atoms with van der Waals surface area (Å²) in [5.41, 5.74) is 1.91. The normalized spacial score (nSPS) is 18.9. The summed E-state index contributed by atoms with van der Waals surface area (Å²) < 4.78 is 0. The second-order valence-electron chi connectivity index (χ2n) is 6.51. The number of aliphatic hydroxyl groups is 1. The molecule has 128 valence electrons. The maximum atomic E-state index is 11.8. The van der Waals surface area contributed by atoms with Gasteiger partial charge in [0.2, 0.25) is 5.91 Å². The average Bonchev–Trinajstić information content (AvgIpc) is 2.52. The minimum atomic E-state index is 0.120. The van der Waals surface area contributed by atoms with Gasteiger partial charge in [-0.2, -0.15) is 0 Å². The van der Waals surface area contributed by atoms with Gasteiger partial charge in [-0.3, -0.25) is 4.79 Å². The van der Waals surface area contributed by atoms with Crippen molar-refractivity contribution in [3.05, 3.63) is 23.3 Å². The summed E-state index contributed by atoms with van der Waals surface area (Å²) in [6.45, 7) is 4.83. The number of amides is 1. The molecule has 6 heteroatoms. The first-order valence-corrected chi connectivity index (χ1v) is 8.37. The van der Waals surface area contributed by atoms with Crippen molar-refractivity contribution in [3.63, 3.8) is 0 Å². The molecular weight excluding hydrogens is 292 g/mol. The molecule has 1 aliphatic heterocycles. The zero-order valence-corrected chi connectivity index (χ0v) is 14.5. The van der Waals surface area contributed by atoms with Crippen LogP contribution >= 0.6 is 0 Å². The van der Waals surface area contributed by atoms with E-state index < -0.39 is 0 Å². The number of aliphatic hydroxyl groups excluding tert-OH is 1. The highest BCUT2D eigenvalue weighted by Crippen LogP contribution is 2.24. The first-order chi connectivity index (χ1) is 11.0. The highest BCUT2D eigenvalue weighted by atomic mass is 16.3. The van der Waals surface area contributed by atoms with Crippen molar-refractivity contribution in [1.82, 2.24) is 19.8 Å². The lowest BCUT2D eigenvalue weighted by atomic mass is 9.97. The standard InChI is InChI=1S/C17H28N4O2/c1-13-11-15(6-7-16(23)20(2)3)19-17(18-13)14-5-4-8-21(12-14)9-10-22/h11,14,22H,4-10,12H2,1-3H3. The number of aryl methyl sites for hydroxylation is 2. The van der Waals surface area contributed by atoms with Gasteiger partial charge >= 0.3 is 0 Å². The summed E-state index contributed by atoms with van der Waals surface area (Å²) in [4.78, 5) is 25.0. The van der Waals surface area contributed by atoms with E-state index in [-0.39, 0.29) is 12.5 Å². The van der Waals surface area contributed by atoms with Crippen LogP contribution in [0.15, 0.2) is 6.07 Å². The van der Waals surface area contributed by atoms with Crippen molar-refractivity contribution in [3.8, 4) is 0 Å². The van der Waals surface area contributed by atoms with Crippen LogP contribution in [0.25, 0.3) is 0 Å². The van der Waals surface area contributed by atoms with E-state index in [0.29, 0.717) is 25.3 Å². The molecule has 1 aromatic rings. The van der Waals surface area contributed by atoms with E-state index in [0.717, 1.165) is 43.1 Å². The molecule has 0 radical (unpaired) electrons. The lowest BCUT2D eigenvalue weighted by molar-refractivity contribution is -0.128. The fraction of sp³-hybridized carbons (Fsp3) is 0.706. The Bertz CT molecular complexity index is 531. The second-order valence-corrected chi connectivity index (χ2v) is 6.51. The van der Waals surface area contributed by atoms with Crippen LogP contribution in [0.5, 0.6) is 0 Å². The number of rotatable bonds is 6. The number of hydrogen-bond donors (Lipinski definition) is 1. The Hall–Kier alpha value is -1.53. The predicted octanol–water partition coefficient (Wildman–Crippen LogP) is 0.978. The number of aromatic nitrogens is 2. The molecule has 0 aliphatic carbocycles. The number of carbonyl (C=O) groups excluding carboxylic acids is 1. The van der Waals surface area contributed by atoms with E-state index >= 15 is 0 Å². The quantitative estimate of drug-likeness (QED) is 0.846. The molecule has 0 saturated carbocycles. The van der Waals surface area contributed by atoms with E-state index in [1.807, 2.05) is 13.0 Å². The predicted molar refractivity (Wildman–Crippen MR) is 89.3 cm³/mol. The molecule has 1 fully saturated rings. The Balaban J connectivity index is 2.05. The Kier molecular flexibility index (Phi) is 6.47. The lowest BCUT2D eigenvalue weighted by Gasteiger charge is -2.31. The fourth-order valence-corrected chi connectivity index (χ4v) is 3.04. The van der Waals surface area contributed by atoms with Crippen LogP contribution in [0.2, 0.25) is 0 Å².